The molecule has 24 heavy (non-hydrogen) atoms. The molecule has 0 aromatic heterocycles. The van der Waals surface area contributed by atoms with Gasteiger partial charge in [-0.25, -0.2) is 8.42 Å². The van der Waals surface area contributed by atoms with Crippen molar-refractivity contribution in [1.29, 1.82) is 0 Å². The number of hydrogen-bond donors (Lipinski definition) is 4. The Bertz CT molecular complexity index is 833. The molecule has 0 saturated heterocycles. The number of carbonyl (C=O) groups is 1. The Morgan fingerprint density at radius 2 is 1.96 bits per heavy atom. The summed E-state index contributed by atoms with van der Waals surface area (Å²) in [7, 11) is -7.98. The highest BCUT2D eigenvalue weighted by molar-refractivity contribution is 7.94. The molecule has 0 bridgehead atoms. The van der Waals surface area contributed by atoms with Crippen LogP contribution in [-0.4, -0.2) is 45.8 Å². The smallest absolute Gasteiger partial charge is 0.296 e. The molecule has 0 aliphatic rings. The Morgan fingerprint density at radius 1 is 1.33 bits per heavy atom. The maximum absolute atomic E-state index is 11.9. The number of benzene rings is 1. The zero-order valence-electron chi connectivity index (χ0n) is 12.9. The lowest BCUT2D eigenvalue weighted by Crippen LogP contribution is -2.38. The summed E-state index contributed by atoms with van der Waals surface area (Å²) < 4.78 is 54.3. The first-order valence-electron chi connectivity index (χ1n) is 6.74. The Labute approximate surface area is 140 Å². The zero-order valence-corrected chi connectivity index (χ0v) is 14.5. The van der Waals surface area contributed by atoms with E-state index in [2.05, 4.69) is 17.2 Å². The molecule has 0 aliphatic heterocycles. The molecule has 1 unspecified atom stereocenters. The molecule has 0 saturated carbocycles. The third kappa shape index (κ3) is 5.30. The van der Waals surface area contributed by atoms with Crippen molar-refractivity contribution in [3.05, 3.63) is 35.7 Å². The van der Waals surface area contributed by atoms with Gasteiger partial charge in [0.1, 0.15) is 10.3 Å². The van der Waals surface area contributed by atoms with E-state index >= 15 is 0 Å². The monoisotopic (exact) mass is 377 g/mol. The highest BCUT2D eigenvalue weighted by Gasteiger charge is 2.18. The van der Waals surface area contributed by atoms with Gasteiger partial charge in [-0.2, -0.15) is 8.42 Å². The summed E-state index contributed by atoms with van der Waals surface area (Å²) in [6.07, 6.45) is 0. The fourth-order valence-corrected chi connectivity index (χ4v) is 2.99. The minimum Gasteiger partial charge on any atom is -0.398 e. The van der Waals surface area contributed by atoms with Crippen molar-refractivity contribution in [3.63, 3.8) is 0 Å². The van der Waals surface area contributed by atoms with Crippen LogP contribution in [0.25, 0.3) is 0 Å². The molecule has 1 aromatic rings. The van der Waals surface area contributed by atoms with Gasteiger partial charge in [0.15, 0.2) is 9.84 Å². The topological polar surface area (TPSA) is 156 Å². The predicted octanol–water partition coefficient (Wildman–Crippen LogP) is -0.261. The van der Waals surface area contributed by atoms with Gasteiger partial charge in [-0.05, 0) is 25.1 Å². The molecular formula is C13H19N3O6S2. The van der Waals surface area contributed by atoms with Crippen LogP contribution in [-0.2, 0) is 20.0 Å². The van der Waals surface area contributed by atoms with Gasteiger partial charge in [-0.15, -0.1) is 0 Å². The summed E-state index contributed by atoms with van der Waals surface area (Å²) in [5.74, 6) is -0.596. The first-order valence-corrected chi connectivity index (χ1v) is 9.79. The first kappa shape index (κ1) is 20.1. The molecule has 9 nitrogen and oxygen atoms in total. The predicted molar refractivity (Wildman–Crippen MR) is 89.6 cm³/mol. The summed E-state index contributed by atoms with van der Waals surface area (Å²) in [5, 5.41) is 5.17. The average Bonchev–Trinajstić information content (AvgIpc) is 2.50. The number of sulfone groups is 1. The maximum atomic E-state index is 11.9. The molecule has 11 heteroatoms. The standard InChI is InChI=1S/C13H19N3O6S2/c1-3-23(18,19)9(2)15-6-7-16-13(17)10-4-5-11(14)12(8-10)24(20,21)22/h3-5,8-9,15H,1,6-7,14H2,2H3,(H,16,17)(H,20,21,22). The van der Waals surface area contributed by atoms with Crippen LogP contribution in [0.2, 0.25) is 0 Å². The van der Waals surface area contributed by atoms with Gasteiger partial charge >= 0.3 is 0 Å². The van der Waals surface area contributed by atoms with E-state index in [1.807, 2.05) is 0 Å². The van der Waals surface area contributed by atoms with E-state index in [1.54, 1.807) is 0 Å². The van der Waals surface area contributed by atoms with E-state index in [0.29, 0.717) is 0 Å². The third-order valence-corrected chi connectivity index (χ3v) is 5.65. The fraction of sp³-hybridized carbons (Fsp3) is 0.308. The lowest BCUT2D eigenvalue weighted by atomic mass is 10.2. The second-order valence-corrected chi connectivity index (χ2v) is 8.44. The van der Waals surface area contributed by atoms with Gasteiger partial charge in [0.25, 0.3) is 16.0 Å². The van der Waals surface area contributed by atoms with Crippen LogP contribution in [0.4, 0.5) is 5.69 Å². The number of nitrogens with one attached hydrogen (secondary N) is 2. The summed E-state index contributed by atoms with van der Waals surface area (Å²) >= 11 is 0. The number of nitrogen functional groups attached to an aromatic ring is 1. The molecule has 1 atom stereocenters. The second-order valence-electron chi connectivity index (χ2n) is 4.84. The molecule has 0 fully saturated rings. The molecule has 1 amide bonds. The Morgan fingerprint density at radius 3 is 2.50 bits per heavy atom. The van der Waals surface area contributed by atoms with Crippen LogP contribution in [0.5, 0.6) is 0 Å². The van der Waals surface area contributed by atoms with Crippen molar-refractivity contribution >= 4 is 31.5 Å². The van der Waals surface area contributed by atoms with E-state index < -0.39 is 36.1 Å². The average molecular weight is 377 g/mol. The van der Waals surface area contributed by atoms with E-state index in [9.17, 15) is 21.6 Å². The highest BCUT2D eigenvalue weighted by atomic mass is 32.2. The van der Waals surface area contributed by atoms with Crippen LogP contribution in [0.1, 0.15) is 17.3 Å². The lowest BCUT2D eigenvalue weighted by molar-refractivity contribution is 0.0953. The van der Waals surface area contributed by atoms with Gasteiger partial charge in [0, 0.05) is 24.1 Å². The summed E-state index contributed by atoms with van der Waals surface area (Å²) in [6, 6.07) is 3.45. The summed E-state index contributed by atoms with van der Waals surface area (Å²) in [6.45, 7) is 4.91. The number of anilines is 1. The Kier molecular flexibility index (Phi) is 6.49. The molecule has 1 rings (SSSR count). The maximum Gasteiger partial charge on any atom is 0.296 e. The van der Waals surface area contributed by atoms with Crippen molar-refractivity contribution in [2.75, 3.05) is 18.8 Å². The van der Waals surface area contributed by atoms with Gasteiger partial charge in [0.05, 0.1) is 5.69 Å². The third-order valence-electron chi connectivity index (χ3n) is 3.12. The van der Waals surface area contributed by atoms with E-state index in [4.69, 9.17) is 10.3 Å². The van der Waals surface area contributed by atoms with Gasteiger partial charge in [0.2, 0.25) is 0 Å². The Hall–Kier alpha value is -1.95. The van der Waals surface area contributed by atoms with Gasteiger partial charge < -0.3 is 11.1 Å². The van der Waals surface area contributed by atoms with E-state index in [0.717, 1.165) is 11.5 Å². The van der Waals surface area contributed by atoms with Crippen LogP contribution >= 0.6 is 0 Å². The van der Waals surface area contributed by atoms with Crippen molar-refractivity contribution < 1.29 is 26.2 Å². The number of carbonyl (C=O) groups excluding carboxylic acids is 1. The molecule has 1 aromatic carbocycles. The lowest BCUT2D eigenvalue weighted by Gasteiger charge is -2.12. The molecule has 5 N–H and O–H groups in total. The SMILES string of the molecule is C=CS(=O)(=O)C(C)NCCNC(=O)c1ccc(N)c(S(=O)(=O)O)c1. The molecule has 0 radical (unpaired) electrons. The summed E-state index contributed by atoms with van der Waals surface area (Å²) in [5.41, 5.74) is 5.25. The largest absolute Gasteiger partial charge is 0.398 e. The van der Waals surface area contributed by atoms with Gasteiger partial charge in [-0.3, -0.25) is 14.7 Å². The summed E-state index contributed by atoms with van der Waals surface area (Å²) in [4.78, 5) is 11.4. The minimum absolute atomic E-state index is 0.0106. The van der Waals surface area contributed by atoms with Crippen LogP contribution < -0.4 is 16.4 Å². The Balaban J connectivity index is 2.66. The second kappa shape index (κ2) is 7.75. The van der Waals surface area contributed by atoms with Gasteiger partial charge in [-0.1, -0.05) is 6.58 Å². The molecule has 134 valence electrons. The van der Waals surface area contributed by atoms with Crippen molar-refractivity contribution in [2.45, 2.75) is 17.2 Å². The highest BCUT2D eigenvalue weighted by Crippen LogP contribution is 2.19. The minimum atomic E-state index is -4.54. The van der Waals surface area contributed by atoms with Crippen molar-refractivity contribution in [3.8, 4) is 0 Å². The van der Waals surface area contributed by atoms with Crippen LogP contribution in [0.15, 0.2) is 35.1 Å². The number of nitrogens with two attached hydrogens (primary N) is 1. The molecule has 0 spiro atoms. The fourth-order valence-electron chi connectivity index (χ4n) is 1.71. The normalized spacial score (nSPS) is 13.2. The van der Waals surface area contributed by atoms with Crippen molar-refractivity contribution in [2.24, 2.45) is 0 Å². The van der Waals surface area contributed by atoms with E-state index in [-0.39, 0.29) is 24.3 Å². The first-order chi connectivity index (χ1) is 11.0. The van der Waals surface area contributed by atoms with Crippen molar-refractivity contribution in [1.82, 2.24) is 10.6 Å². The van der Waals surface area contributed by atoms with Crippen LogP contribution in [0.3, 0.4) is 0 Å². The quantitative estimate of drug-likeness (QED) is 0.274. The molecular weight excluding hydrogens is 358 g/mol. The molecule has 0 heterocycles. The number of amides is 1. The number of hydrogen-bond acceptors (Lipinski definition) is 7. The zero-order chi connectivity index (χ0) is 18.5. The molecule has 0 aliphatic carbocycles. The number of rotatable bonds is 8. The van der Waals surface area contributed by atoms with E-state index in [1.165, 1.54) is 19.1 Å². The van der Waals surface area contributed by atoms with Crippen LogP contribution in [0, 0.1) is 0 Å².